The van der Waals surface area contributed by atoms with Crippen molar-refractivity contribution in [2.75, 3.05) is 7.11 Å². The molecule has 1 heterocycles. The number of hydrogen-bond acceptors (Lipinski definition) is 4. The maximum absolute atomic E-state index is 11.2. The average Bonchev–Trinajstić information content (AvgIpc) is 2.41. The summed E-state index contributed by atoms with van der Waals surface area (Å²) in [6.07, 6.45) is 4.52. The molecule has 4 heteroatoms. The number of aromatic hydroxyl groups is 1. The van der Waals surface area contributed by atoms with Crippen LogP contribution in [0.1, 0.15) is 11.3 Å². The third-order valence-electron chi connectivity index (χ3n) is 2.42. The fraction of sp³-hybridized carbons (Fsp3) is 0.0714. The highest BCUT2D eigenvalue weighted by molar-refractivity contribution is 5.69. The van der Waals surface area contributed by atoms with Crippen LogP contribution in [0.2, 0.25) is 0 Å². The predicted molar refractivity (Wildman–Crippen MR) is 68.6 cm³/mol. The minimum absolute atomic E-state index is 0.137. The molecule has 1 aromatic heterocycles. The molecule has 0 unspecified atom stereocenters. The van der Waals surface area contributed by atoms with Crippen molar-refractivity contribution in [2.45, 2.75) is 0 Å². The number of hydrogen-bond donors (Lipinski definition) is 1. The summed E-state index contributed by atoms with van der Waals surface area (Å²) in [4.78, 5) is 11.2. The standard InChI is InChI=1S/C14H12O4/c1-17-11-5-2-10(3-6-11)4-7-13-14(16)12(15)8-9-18-13/h2-9,16H,1H3/b7-4+. The minimum Gasteiger partial charge on any atom is -0.502 e. The van der Waals surface area contributed by atoms with Gasteiger partial charge in [-0.05, 0) is 23.8 Å². The van der Waals surface area contributed by atoms with Gasteiger partial charge in [0.2, 0.25) is 11.2 Å². The van der Waals surface area contributed by atoms with Crippen LogP contribution in [0.4, 0.5) is 0 Å². The van der Waals surface area contributed by atoms with E-state index in [1.165, 1.54) is 12.3 Å². The molecule has 0 saturated heterocycles. The Morgan fingerprint density at radius 2 is 1.89 bits per heavy atom. The Morgan fingerprint density at radius 3 is 2.56 bits per heavy atom. The lowest BCUT2D eigenvalue weighted by Crippen LogP contribution is -1.97. The van der Waals surface area contributed by atoms with Crippen LogP contribution >= 0.6 is 0 Å². The Bertz CT molecular complexity index is 608. The second kappa shape index (κ2) is 5.23. The van der Waals surface area contributed by atoms with Crippen LogP contribution in [-0.4, -0.2) is 12.2 Å². The van der Waals surface area contributed by atoms with Gasteiger partial charge in [-0.2, -0.15) is 0 Å². The van der Waals surface area contributed by atoms with Gasteiger partial charge in [0.15, 0.2) is 5.76 Å². The van der Waals surface area contributed by atoms with E-state index in [1.54, 1.807) is 19.3 Å². The van der Waals surface area contributed by atoms with E-state index in [4.69, 9.17) is 9.15 Å². The first-order chi connectivity index (χ1) is 8.70. The second-order valence-corrected chi connectivity index (χ2v) is 3.60. The summed E-state index contributed by atoms with van der Waals surface area (Å²) in [5.41, 5.74) is 0.442. The number of methoxy groups -OCH3 is 1. The largest absolute Gasteiger partial charge is 0.502 e. The molecular formula is C14H12O4. The predicted octanol–water partition coefficient (Wildman–Crippen LogP) is 2.52. The molecule has 0 aliphatic rings. The van der Waals surface area contributed by atoms with Crippen LogP contribution in [-0.2, 0) is 0 Å². The minimum atomic E-state index is -0.462. The van der Waals surface area contributed by atoms with Crippen LogP contribution in [0.3, 0.4) is 0 Å². The van der Waals surface area contributed by atoms with Crippen LogP contribution in [0, 0.1) is 0 Å². The Kier molecular flexibility index (Phi) is 3.48. The topological polar surface area (TPSA) is 59.7 Å². The molecule has 0 aliphatic carbocycles. The first-order valence-corrected chi connectivity index (χ1v) is 5.33. The zero-order valence-corrected chi connectivity index (χ0v) is 9.79. The number of rotatable bonds is 3. The van der Waals surface area contributed by atoms with Gasteiger partial charge < -0.3 is 14.3 Å². The molecule has 92 valence electrons. The van der Waals surface area contributed by atoms with Crippen LogP contribution in [0.5, 0.6) is 11.5 Å². The first kappa shape index (κ1) is 12.0. The summed E-state index contributed by atoms with van der Waals surface area (Å²) in [6, 6.07) is 8.52. The summed E-state index contributed by atoms with van der Waals surface area (Å²) >= 11 is 0. The van der Waals surface area contributed by atoms with Crippen molar-refractivity contribution in [3.05, 3.63) is 58.1 Å². The molecule has 0 atom stereocenters. The smallest absolute Gasteiger partial charge is 0.227 e. The highest BCUT2D eigenvalue weighted by Crippen LogP contribution is 2.16. The van der Waals surface area contributed by atoms with E-state index in [-0.39, 0.29) is 11.5 Å². The Labute approximate surface area is 104 Å². The molecule has 2 aromatic rings. The van der Waals surface area contributed by atoms with Crippen molar-refractivity contribution in [2.24, 2.45) is 0 Å². The third kappa shape index (κ3) is 2.60. The first-order valence-electron chi connectivity index (χ1n) is 5.33. The van der Waals surface area contributed by atoms with E-state index in [2.05, 4.69) is 0 Å². The Morgan fingerprint density at radius 1 is 1.17 bits per heavy atom. The lowest BCUT2D eigenvalue weighted by Gasteiger charge is -1.99. The van der Waals surface area contributed by atoms with E-state index in [1.807, 2.05) is 24.3 Å². The van der Waals surface area contributed by atoms with Gasteiger partial charge in [0.25, 0.3) is 0 Å². The van der Waals surface area contributed by atoms with Gasteiger partial charge >= 0.3 is 0 Å². The SMILES string of the molecule is COc1ccc(/C=C/c2occc(=O)c2O)cc1. The van der Waals surface area contributed by atoms with E-state index < -0.39 is 5.43 Å². The molecule has 0 fully saturated rings. The van der Waals surface area contributed by atoms with Crippen molar-refractivity contribution in [1.29, 1.82) is 0 Å². The van der Waals surface area contributed by atoms with Gasteiger partial charge in [-0.15, -0.1) is 0 Å². The van der Waals surface area contributed by atoms with Gasteiger partial charge in [0.05, 0.1) is 13.4 Å². The molecule has 1 aromatic carbocycles. The Hall–Kier alpha value is -2.49. The summed E-state index contributed by atoms with van der Waals surface area (Å²) < 4.78 is 10.1. The zero-order valence-electron chi connectivity index (χ0n) is 9.79. The number of benzene rings is 1. The van der Waals surface area contributed by atoms with Crippen LogP contribution < -0.4 is 10.2 Å². The Balaban J connectivity index is 2.24. The van der Waals surface area contributed by atoms with Gasteiger partial charge in [-0.25, -0.2) is 0 Å². The summed E-state index contributed by atoms with van der Waals surface area (Å²) in [5, 5.41) is 9.48. The lowest BCUT2D eigenvalue weighted by atomic mass is 10.2. The normalized spacial score (nSPS) is 10.7. The number of ether oxygens (including phenoxy) is 1. The second-order valence-electron chi connectivity index (χ2n) is 3.60. The highest BCUT2D eigenvalue weighted by Gasteiger charge is 2.03. The third-order valence-corrected chi connectivity index (χ3v) is 2.42. The molecule has 4 nitrogen and oxygen atoms in total. The molecule has 0 amide bonds. The monoisotopic (exact) mass is 244 g/mol. The maximum atomic E-state index is 11.2. The van der Waals surface area contributed by atoms with Crippen molar-refractivity contribution < 1.29 is 14.3 Å². The van der Waals surface area contributed by atoms with Crippen molar-refractivity contribution in [1.82, 2.24) is 0 Å². The summed E-state index contributed by atoms with van der Waals surface area (Å²) in [6.45, 7) is 0. The van der Waals surface area contributed by atoms with Gasteiger partial charge in [-0.3, -0.25) is 4.79 Å². The molecule has 0 saturated carbocycles. The molecular weight excluding hydrogens is 232 g/mol. The highest BCUT2D eigenvalue weighted by atomic mass is 16.5. The van der Waals surface area contributed by atoms with E-state index in [0.29, 0.717) is 0 Å². The molecule has 18 heavy (non-hydrogen) atoms. The molecule has 0 spiro atoms. The molecule has 0 aliphatic heterocycles. The summed E-state index contributed by atoms with van der Waals surface area (Å²) in [7, 11) is 1.60. The van der Waals surface area contributed by atoms with Crippen molar-refractivity contribution >= 4 is 12.2 Å². The molecule has 2 rings (SSSR count). The fourth-order valence-corrected chi connectivity index (χ4v) is 1.43. The lowest BCUT2D eigenvalue weighted by molar-refractivity contribution is 0.415. The van der Waals surface area contributed by atoms with Crippen molar-refractivity contribution in [3.8, 4) is 11.5 Å². The summed E-state index contributed by atoms with van der Waals surface area (Å²) in [5.74, 6) is 0.516. The fourth-order valence-electron chi connectivity index (χ4n) is 1.43. The van der Waals surface area contributed by atoms with Crippen LogP contribution in [0.15, 0.2) is 45.8 Å². The van der Waals surface area contributed by atoms with Crippen molar-refractivity contribution in [3.63, 3.8) is 0 Å². The average molecular weight is 244 g/mol. The van der Waals surface area contributed by atoms with E-state index >= 15 is 0 Å². The molecule has 1 N–H and O–H groups in total. The zero-order chi connectivity index (χ0) is 13.0. The van der Waals surface area contributed by atoms with E-state index in [9.17, 15) is 9.90 Å². The van der Waals surface area contributed by atoms with Gasteiger partial charge in [-0.1, -0.05) is 18.2 Å². The quantitative estimate of drug-likeness (QED) is 0.901. The van der Waals surface area contributed by atoms with Gasteiger partial charge in [0, 0.05) is 6.07 Å². The maximum Gasteiger partial charge on any atom is 0.227 e. The van der Waals surface area contributed by atoms with Gasteiger partial charge in [0.1, 0.15) is 5.75 Å². The molecule has 0 bridgehead atoms. The molecule has 0 radical (unpaired) electrons. The van der Waals surface area contributed by atoms with E-state index in [0.717, 1.165) is 11.3 Å². The van der Waals surface area contributed by atoms with Crippen LogP contribution in [0.25, 0.3) is 12.2 Å².